The molecule has 5 heterocycles. The van der Waals surface area contributed by atoms with Gasteiger partial charge in [0, 0.05) is 38.4 Å². The quantitative estimate of drug-likeness (QED) is 0.182. The number of hydrogen-bond donors (Lipinski definition) is 3. The summed E-state index contributed by atoms with van der Waals surface area (Å²) in [5, 5.41) is 14.0. The summed E-state index contributed by atoms with van der Waals surface area (Å²) < 4.78 is 0. The minimum atomic E-state index is 0. The third kappa shape index (κ3) is 3.49. The van der Waals surface area contributed by atoms with Crippen LogP contribution in [0, 0.1) is 0 Å². The maximum atomic E-state index is 10.9. The fourth-order valence-electron chi connectivity index (χ4n) is 5.67. The molecule has 42 heavy (non-hydrogen) atoms. The van der Waals surface area contributed by atoms with Crippen LogP contribution in [-0.2, 0) is 16.8 Å². The van der Waals surface area contributed by atoms with Crippen molar-refractivity contribution in [3.8, 4) is 51.3 Å². The molecule has 8 bridgehead atoms. The molecule has 0 aliphatic carbocycles. The molecule has 0 fully saturated rings. The van der Waals surface area contributed by atoms with Gasteiger partial charge in [-0.2, -0.15) is 0 Å². The van der Waals surface area contributed by atoms with Gasteiger partial charge in [0.05, 0.1) is 5.39 Å². The fraction of sp³-hybridized carbons (Fsp3) is 0. The second-order valence-electron chi connectivity index (χ2n) is 9.95. The van der Waals surface area contributed by atoms with Crippen LogP contribution in [0.2, 0.25) is 0 Å². The Labute approximate surface area is 247 Å². The third-order valence-corrected chi connectivity index (χ3v) is 7.56. The average molecular weight is 589 g/mol. The second kappa shape index (κ2) is 9.03. The summed E-state index contributed by atoms with van der Waals surface area (Å²) in [6.45, 7) is 0. The number of phenols is 1. The van der Waals surface area contributed by atoms with Crippen molar-refractivity contribution in [3.63, 3.8) is 0 Å². The van der Waals surface area contributed by atoms with E-state index in [9.17, 15) is 5.11 Å². The number of nitrogens with one attached hydrogen (secondary N) is 2. The Kier molecular flexibility index (Phi) is 5.24. The Balaban J connectivity index is 0.00000267. The minimum Gasteiger partial charge on any atom is -0.507 e. The van der Waals surface area contributed by atoms with Crippen molar-refractivity contribution >= 4 is 44.1 Å². The van der Waals surface area contributed by atoms with E-state index in [1.54, 1.807) is 12.1 Å². The first-order valence-corrected chi connectivity index (χ1v) is 13.1. The number of phenolic OH excluding ortho intramolecular Hbond substituents is 1. The number of aromatic amines is 2. The molecule has 3 aromatic heterocycles. The van der Waals surface area contributed by atoms with Gasteiger partial charge in [-0.25, -0.2) is 29.9 Å². The average Bonchev–Trinajstić information content (AvgIpc) is 3.73. The van der Waals surface area contributed by atoms with E-state index in [1.165, 1.54) is 0 Å². The van der Waals surface area contributed by atoms with Gasteiger partial charge in [0.2, 0.25) is 0 Å². The van der Waals surface area contributed by atoms with Crippen LogP contribution in [0.1, 0.15) is 0 Å². The molecule has 199 valence electrons. The van der Waals surface area contributed by atoms with Gasteiger partial charge in [-0.3, -0.25) is 0 Å². The number of nitrogens with zero attached hydrogens (tertiary/aromatic N) is 6. The monoisotopic (exact) mass is 589 g/mol. The van der Waals surface area contributed by atoms with Crippen LogP contribution in [-0.4, -0.2) is 45.0 Å². The summed E-state index contributed by atoms with van der Waals surface area (Å²) in [6, 6.07) is 29.1. The smallest absolute Gasteiger partial charge is 0.507 e. The molecule has 1 radical (unpaired) electrons. The van der Waals surface area contributed by atoms with Crippen molar-refractivity contribution < 1.29 is 21.9 Å². The van der Waals surface area contributed by atoms with Crippen LogP contribution in [0.5, 0.6) is 5.75 Å². The van der Waals surface area contributed by atoms with Crippen LogP contribution < -0.4 is 0 Å². The van der Waals surface area contributed by atoms with Gasteiger partial charge in [0.15, 0.2) is 23.3 Å². The van der Waals surface area contributed by atoms with E-state index >= 15 is 0 Å². The van der Waals surface area contributed by atoms with Crippen LogP contribution in [0.25, 0.3) is 89.7 Å². The number of fused-ring (bicyclic) bond motifs is 20. The minimum absolute atomic E-state index is 0. The summed E-state index contributed by atoms with van der Waals surface area (Å²) >= 11 is 0. The standard InChI is InChI=1S/C32H18N8O.Co/c41-23-15-7-14-22-24(23)32-39-30-21-13-6-5-12-20(21)28(37-30)35-26-17-9-2-1-8-16(17)25(33-26)34-27-18-10-3-4-11-19(18)29(36-27)38-31(22)40-32;/h1-15,41H,(H2,33,34,35,36,37,38,39,40);/q;+2. The van der Waals surface area contributed by atoms with Crippen molar-refractivity contribution in [2.75, 3.05) is 0 Å². The Hall–Kier alpha value is -5.45. The zero-order valence-electron chi connectivity index (χ0n) is 21.6. The van der Waals surface area contributed by atoms with E-state index in [1.807, 2.05) is 78.9 Å². The Bertz CT molecular complexity index is 2410. The molecule has 3 N–H and O–H groups in total. The molecule has 0 unspecified atom stereocenters. The first-order chi connectivity index (χ1) is 20.2. The normalized spacial score (nSPS) is 11.7. The molecular weight excluding hydrogens is 571 g/mol. The predicted octanol–water partition coefficient (Wildman–Crippen LogP) is 6.57. The first kappa shape index (κ1) is 24.4. The van der Waals surface area contributed by atoms with Gasteiger partial charge in [0.25, 0.3) is 0 Å². The summed E-state index contributed by atoms with van der Waals surface area (Å²) in [7, 11) is 0. The molecule has 4 aromatic carbocycles. The van der Waals surface area contributed by atoms with Crippen LogP contribution >= 0.6 is 0 Å². The molecule has 10 heteroatoms. The molecule has 0 saturated heterocycles. The SMILES string of the molecule is Oc1cccc2c3nc4nc(nc5[nH]c(nc6nc(nc([nH]3)c12)-c1ccccc1-6)c1ccccc51)-c1ccccc1-4.[Co+2]. The summed E-state index contributed by atoms with van der Waals surface area (Å²) in [5.74, 6) is 2.19. The Morgan fingerprint density at radius 3 is 1.29 bits per heavy atom. The molecule has 7 aromatic rings. The maximum Gasteiger partial charge on any atom is 2.00 e. The van der Waals surface area contributed by atoms with Gasteiger partial charge in [0.1, 0.15) is 28.3 Å². The molecule has 0 saturated carbocycles. The number of aromatic hydroxyl groups is 1. The third-order valence-electron chi connectivity index (χ3n) is 7.56. The van der Waals surface area contributed by atoms with Crippen molar-refractivity contribution in [1.29, 1.82) is 0 Å². The van der Waals surface area contributed by atoms with E-state index in [-0.39, 0.29) is 22.5 Å². The number of benzene rings is 4. The summed E-state index contributed by atoms with van der Waals surface area (Å²) in [6.07, 6.45) is 0. The van der Waals surface area contributed by atoms with E-state index in [4.69, 9.17) is 29.9 Å². The molecule has 2 aliphatic heterocycles. The molecular formula is C32H18CoN8O+2. The van der Waals surface area contributed by atoms with Crippen molar-refractivity contribution in [2.45, 2.75) is 0 Å². The molecule has 0 amide bonds. The molecule has 0 atom stereocenters. The zero-order chi connectivity index (χ0) is 27.1. The van der Waals surface area contributed by atoms with Gasteiger partial charge < -0.3 is 15.1 Å². The topological polar surface area (TPSA) is 129 Å². The predicted molar refractivity (Wildman–Crippen MR) is 158 cm³/mol. The van der Waals surface area contributed by atoms with Crippen LogP contribution in [0.3, 0.4) is 0 Å². The molecule has 0 spiro atoms. The van der Waals surface area contributed by atoms with Gasteiger partial charge >= 0.3 is 16.8 Å². The van der Waals surface area contributed by atoms with Crippen molar-refractivity contribution in [1.82, 2.24) is 39.9 Å². The van der Waals surface area contributed by atoms with E-state index in [2.05, 4.69) is 9.97 Å². The number of rotatable bonds is 0. The summed E-state index contributed by atoms with van der Waals surface area (Å²) in [4.78, 5) is 36.3. The van der Waals surface area contributed by atoms with Crippen LogP contribution in [0.15, 0.2) is 91.0 Å². The maximum absolute atomic E-state index is 10.9. The number of H-pyrrole nitrogens is 2. The molecule has 9 nitrogen and oxygen atoms in total. The zero-order valence-corrected chi connectivity index (χ0v) is 22.7. The van der Waals surface area contributed by atoms with Crippen molar-refractivity contribution in [2.24, 2.45) is 0 Å². The van der Waals surface area contributed by atoms with Gasteiger partial charge in [-0.1, -0.05) is 84.9 Å². The Morgan fingerprint density at radius 2 is 0.786 bits per heavy atom. The fourth-order valence-corrected chi connectivity index (χ4v) is 5.67. The first-order valence-electron chi connectivity index (χ1n) is 13.1. The van der Waals surface area contributed by atoms with Crippen LogP contribution in [0.4, 0.5) is 0 Å². The van der Waals surface area contributed by atoms with Gasteiger partial charge in [-0.05, 0) is 6.07 Å². The van der Waals surface area contributed by atoms with E-state index < -0.39 is 0 Å². The summed E-state index contributed by atoms with van der Waals surface area (Å²) in [5.41, 5.74) is 5.74. The number of hydrogen-bond acceptors (Lipinski definition) is 7. The van der Waals surface area contributed by atoms with E-state index in [0.29, 0.717) is 51.3 Å². The number of aromatic nitrogens is 8. The molecule has 9 rings (SSSR count). The van der Waals surface area contributed by atoms with Gasteiger partial charge in [-0.15, -0.1) is 0 Å². The van der Waals surface area contributed by atoms with Crippen molar-refractivity contribution in [3.05, 3.63) is 91.0 Å². The molecule has 2 aliphatic rings. The largest absolute Gasteiger partial charge is 2.00 e. The van der Waals surface area contributed by atoms with E-state index in [0.717, 1.165) is 38.4 Å². The Morgan fingerprint density at radius 1 is 0.405 bits per heavy atom. The second-order valence-corrected chi connectivity index (χ2v) is 9.95.